The van der Waals surface area contributed by atoms with E-state index in [2.05, 4.69) is 22.4 Å². The van der Waals surface area contributed by atoms with Crippen molar-refractivity contribution < 1.29 is 14.3 Å². The van der Waals surface area contributed by atoms with E-state index in [1.165, 1.54) is 0 Å². The maximum absolute atomic E-state index is 13.3. The minimum atomic E-state index is -0.555. The Morgan fingerprint density at radius 3 is 2.59 bits per heavy atom. The maximum Gasteiger partial charge on any atom is 0.410 e. The number of nitrogens with one attached hydrogen (secondary N) is 1. The van der Waals surface area contributed by atoms with Crippen molar-refractivity contribution in [3.63, 3.8) is 0 Å². The number of nitrogens with zero attached hydrogens (tertiary/aromatic N) is 6. The fourth-order valence-corrected chi connectivity index (χ4v) is 5.01. The number of piperazine rings is 1. The first-order valence-electron chi connectivity index (χ1n) is 13.5. The molecule has 3 aromatic rings. The SMILES string of the molecule is CC(C)N1Cc2c(NCc3cc4ccccc4cn3)nc(N3CCN(C(=O)OC(C)(C)C)C(C)C3)nc2C1=O. The molecule has 5 rings (SSSR count). The van der Waals surface area contributed by atoms with Crippen LogP contribution in [0.15, 0.2) is 36.5 Å². The molecule has 1 N–H and O–H groups in total. The van der Waals surface area contributed by atoms with Crippen LogP contribution in [-0.4, -0.2) is 74.1 Å². The molecular formula is C29H37N7O3. The maximum atomic E-state index is 13.3. The van der Waals surface area contributed by atoms with Gasteiger partial charge in [0.1, 0.15) is 17.1 Å². The van der Waals surface area contributed by atoms with E-state index >= 15 is 0 Å². The van der Waals surface area contributed by atoms with Gasteiger partial charge in [-0.05, 0) is 53.0 Å². The van der Waals surface area contributed by atoms with Crippen molar-refractivity contribution in [1.29, 1.82) is 0 Å². The third-order valence-corrected chi connectivity index (χ3v) is 7.07. The highest BCUT2D eigenvalue weighted by Gasteiger charge is 2.36. The first-order chi connectivity index (χ1) is 18.5. The summed E-state index contributed by atoms with van der Waals surface area (Å²) >= 11 is 0. The molecule has 1 aromatic carbocycles. The molecule has 0 bridgehead atoms. The predicted octanol–water partition coefficient (Wildman–Crippen LogP) is 4.45. The second-order valence-electron chi connectivity index (χ2n) is 11.6. The van der Waals surface area contributed by atoms with Gasteiger partial charge in [-0.15, -0.1) is 0 Å². The van der Waals surface area contributed by atoms with Crippen LogP contribution in [0.2, 0.25) is 0 Å². The van der Waals surface area contributed by atoms with Crippen molar-refractivity contribution in [2.75, 3.05) is 29.9 Å². The fourth-order valence-electron chi connectivity index (χ4n) is 5.01. The van der Waals surface area contributed by atoms with Gasteiger partial charge in [0.2, 0.25) is 5.95 Å². The molecule has 2 aliphatic rings. The molecular weight excluding hydrogens is 494 g/mol. The predicted molar refractivity (Wildman–Crippen MR) is 151 cm³/mol. The number of rotatable bonds is 5. The van der Waals surface area contributed by atoms with E-state index < -0.39 is 5.60 Å². The zero-order valence-electron chi connectivity index (χ0n) is 23.6. The normalized spacial score (nSPS) is 17.7. The summed E-state index contributed by atoms with van der Waals surface area (Å²) in [5.74, 6) is 1.04. The average molecular weight is 532 g/mol. The number of anilines is 2. The second-order valence-corrected chi connectivity index (χ2v) is 11.6. The van der Waals surface area contributed by atoms with E-state index in [-0.39, 0.29) is 24.1 Å². The lowest BCUT2D eigenvalue weighted by atomic mass is 10.1. The van der Waals surface area contributed by atoms with E-state index in [1.807, 2.05) is 75.7 Å². The lowest BCUT2D eigenvalue weighted by Gasteiger charge is -2.40. The Balaban J connectivity index is 1.40. The molecule has 1 fully saturated rings. The van der Waals surface area contributed by atoms with Crippen molar-refractivity contribution in [1.82, 2.24) is 24.8 Å². The summed E-state index contributed by atoms with van der Waals surface area (Å²) in [7, 11) is 0. The summed E-state index contributed by atoms with van der Waals surface area (Å²) in [6.07, 6.45) is 1.55. The van der Waals surface area contributed by atoms with Crippen molar-refractivity contribution >= 4 is 34.5 Å². The van der Waals surface area contributed by atoms with Crippen molar-refractivity contribution in [2.45, 2.75) is 72.3 Å². The zero-order chi connectivity index (χ0) is 27.9. The molecule has 10 nitrogen and oxygen atoms in total. The van der Waals surface area contributed by atoms with E-state index in [0.29, 0.717) is 50.2 Å². The molecule has 1 atom stereocenters. The highest BCUT2D eigenvalue weighted by atomic mass is 16.6. The number of carbonyl (C=O) groups is 2. The van der Waals surface area contributed by atoms with Gasteiger partial charge < -0.3 is 24.8 Å². The molecule has 0 spiro atoms. The van der Waals surface area contributed by atoms with Gasteiger partial charge in [0.25, 0.3) is 5.91 Å². The molecule has 2 aromatic heterocycles. The lowest BCUT2D eigenvalue weighted by molar-refractivity contribution is 0.0158. The van der Waals surface area contributed by atoms with Crippen LogP contribution in [-0.2, 0) is 17.8 Å². The summed E-state index contributed by atoms with van der Waals surface area (Å²) in [4.78, 5) is 45.8. The first kappa shape index (κ1) is 26.6. The monoisotopic (exact) mass is 531 g/mol. The van der Waals surface area contributed by atoms with Gasteiger partial charge in [-0.3, -0.25) is 9.78 Å². The molecule has 206 valence electrons. The van der Waals surface area contributed by atoms with Crippen LogP contribution in [0, 0.1) is 0 Å². The number of hydrogen-bond donors (Lipinski definition) is 1. The summed E-state index contributed by atoms with van der Waals surface area (Å²) < 4.78 is 5.59. The highest BCUT2D eigenvalue weighted by molar-refractivity contribution is 5.98. The Bertz CT molecular complexity index is 1400. The number of ether oxygens (including phenoxy) is 1. The van der Waals surface area contributed by atoms with Gasteiger partial charge in [0.05, 0.1) is 18.8 Å². The molecule has 2 aliphatic heterocycles. The van der Waals surface area contributed by atoms with Crippen molar-refractivity contribution in [3.05, 3.63) is 53.5 Å². The first-order valence-corrected chi connectivity index (χ1v) is 13.5. The highest BCUT2D eigenvalue weighted by Crippen LogP contribution is 2.31. The van der Waals surface area contributed by atoms with Crippen molar-refractivity contribution in [2.24, 2.45) is 0 Å². The topological polar surface area (TPSA) is 104 Å². The fraction of sp³-hybridized carbons (Fsp3) is 0.483. The number of aromatic nitrogens is 3. The van der Waals surface area contributed by atoms with Crippen LogP contribution in [0.4, 0.5) is 16.6 Å². The molecule has 0 saturated carbocycles. The molecule has 10 heteroatoms. The molecule has 0 aliphatic carbocycles. The van der Waals surface area contributed by atoms with Crippen LogP contribution in [0.5, 0.6) is 0 Å². The lowest BCUT2D eigenvalue weighted by Crippen LogP contribution is -2.55. The van der Waals surface area contributed by atoms with Crippen LogP contribution < -0.4 is 10.2 Å². The standard InChI is InChI=1S/C29H37N7O3/c1-18(2)36-17-23-24(26(36)37)32-27(34-11-12-35(19(3)16-34)28(38)39-29(4,5)6)33-25(23)31-15-22-13-20-9-7-8-10-21(20)14-30-22/h7-10,13-14,18-19H,11-12,15-17H2,1-6H3,(H,31,32,33). The van der Waals surface area contributed by atoms with Crippen molar-refractivity contribution in [3.8, 4) is 0 Å². The molecule has 1 unspecified atom stereocenters. The molecule has 4 heterocycles. The number of amides is 2. The van der Waals surface area contributed by atoms with Crippen LogP contribution in [0.3, 0.4) is 0 Å². The van der Waals surface area contributed by atoms with Crippen LogP contribution in [0.1, 0.15) is 63.3 Å². The van der Waals surface area contributed by atoms with E-state index in [1.54, 1.807) is 4.90 Å². The van der Waals surface area contributed by atoms with Gasteiger partial charge >= 0.3 is 6.09 Å². The quantitative estimate of drug-likeness (QED) is 0.515. The Morgan fingerprint density at radius 1 is 1.15 bits per heavy atom. The minimum absolute atomic E-state index is 0.0440. The summed E-state index contributed by atoms with van der Waals surface area (Å²) in [5.41, 5.74) is 1.57. The summed E-state index contributed by atoms with van der Waals surface area (Å²) in [6, 6.07) is 10.1. The minimum Gasteiger partial charge on any atom is -0.444 e. The van der Waals surface area contributed by atoms with Gasteiger partial charge in [-0.25, -0.2) is 9.78 Å². The third kappa shape index (κ3) is 5.60. The Morgan fingerprint density at radius 2 is 1.90 bits per heavy atom. The summed E-state index contributed by atoms with van der Waals surface area (Å²) in [5, 5.41) is 5.65. The van der Waals surface area contributed by atoms with E-state index in [0.717, 1.165) is 22.0 Å². The Hall–Kier alpha value is -3.95. The van der Waals surface area contributed by atoms with Gasteiger partial charge in [0, 0.05) is 48.9 Å². The number of benzene rings is 1. The smallest absolute Gasteiger partial charge is 0.410 e. The number of carbonyl (C=O) groups excluding carboxylic acids is 2. The number of hydrogen-bond acceptors (Lipinski definition) is 8. The van der Waals surface area contributed by atoms with E-state index in [4.69, 9.17) is 14.7 Å². The molecule has 39 heavy (non-hydrogen) atoms. The van der Waals surface area contributed by atoms with Gasteiger partial charge in [-0.2, -0.15) is 4.98 Å². The Kier molecular flexibility index (Phi) is 7.05. The van der Waals surface area contributed by atoms with Gasteiger partial charge in [-0.1, -0.05) is 24.3 Å². The van der Waals surface area contributed by atoms with Gasteiger partial charge in [0.15, 0.2) is 0 Å². The molecule has 0 radical (unpaired) electrons. The van der Waals surface area contributed by atoms with Crippen LogP contribution >= 0.6 is 0 Å². The molecule has 2 amide bonds. The third-order valence-electron chi connectivity index (χ3n) is 7.07. The molecule has 1 saturated heterocycles. The number of fused-ring (bicyclic) bond motifs is 2. The summed E-state index contributed by atoms with van der Waals surface area (Å²) in [6.45, 7) is 14.1. The Labute approximate surface area is 229 Å². The second kappa shape index (κ2) is 10.3. The van der Waals surface area contributed by atoms with Crippen LogP contribution in [0.25, 0.3) is 10.8 Å². The largest absolute Gasteiger partial charge is 0.444 e. The number of pyridine rings is 1. The van der Waals surface area contributed by atoms with E-state index in [9.17, 15) is 9.59 Å². The zero-order valence-corrected chi connectivity index (χ0v) is 23.6. The average Bonchev–Trinajstić information content (AvgIpc) is 3.22.